The second-order valence-corrected chi connectivity index (χ2v) is 5.32. The van der Waals surface area contributed by atoms with Crippen molar-refractivity contribution in [1.82, 2.24) is 4.98 Å². The van der Waals surface area contributed by atoms with Crippen LogP contribution in [-0.2, 0) is 0 Å². The molecule has 2 nitrogen and oxygen atoms in total. The van der Waals surface area contributed by atoms with Crippen LogP contribution in [0, 0.1) is 13.8 Å². The van der Waals surface area contributed by atoms with Gasteiger partial charge in [-0.05, 0) is 49.2 Å². The highest BCUT2D eigenvalue weighted by Crippen LogP contribution is 2.28. The fourth-order valence-electron chi connectivity index (χ4n) is 1.98. The van der Waals surface area contributed by atoms with Gasteiger partial charge in [0.1, 0.15) is 5.52 Å². The lowest BCUT2D eigenvalue weighted by atomic mass is 10.1. The third-order valence-electron chi connectivity index (χ3n) is 3.03. The van der Waals surface area contributed by atoms with Crippen molar-refractivity contribution in [1.29, 1.82) is 0 Å². The van der Waals surface area contributed by atoms with Gasteiger partial charge in [0, 0.05) is 10.0 Å². The summed E-state index contributed by atoms with van der Waals surface area (Å²) in [7, 11) is 0. The van der Waals surface area contributed by atoms with Crippen LogP contribution in [0.1, 0.15) is 11.1 Å². The molecule has 90 valence electrons. The number of oxazole rings is 1. The lowest BCUT2D eigenvalue weighted by molar-refractivity contribution is 0.617. The molecule has 0 aliphatic rings. The summed E-state index contributed by atoms with van der Waals surface area (Å²) < 4.78 is 6.93. The van der Waals surface area contributed by atoms with Crippen LogP contribution in [0.2, 0.25) is 0 Å². The summed E-state index contributed by atoms with van der Waals surface area (Å²) in [6, 6.07) is 12.1. The zero-order valence-electron chi connectivity index (χ0n) is 10.2. The molecule has 0 N–H and O–H groups in total. The molecule has 18 heavy (non-hydrogen) atoms. The van der Waals surface area contributed by atoms with E-state index in [0.717, 1.165) is 32.3 Å². The number of aromatic nitrogens is 1. The zero-order chi connectivity index (χ0) is 12.7. The Labute approximate surface area is 114 Å². The molecule has 0 atom stereocenters. The van der Waals surface area contributed by atoms with Crippen molar-refractivity contribution in [2.24, 2.45) is 0 Å². The summed E-state index contributed by atoms with van der Waals surface area (Å²) in [5.41, 5.74) is 5.09. The largest absolute Gasteiger partial charge is 0.436 e. The van der Waals surface area contributed by atoms with E-state index in [-0.39, 0.29) is 0 Å². The summed E-state index contributed by atoms with van der Waals surface area (Å²) in [6.07, 6.45) is 0. The maximum absolute atomic E-state index is 5.88. The van der Waals surface area contributed by atoms with Gasteiger partial charge in [0.25, 0.3) is 0 Å². The number of rotatable bonds is 1. The molecule has 2 aromatic carbocycles. The summed E-state index contributed by atoms with van der Waals surface area (Å²) in [5.74, 6) is 0.676. The maximum atomic E-state index is 5.88. The van der Waals surface area contributed by atoms with Crippen LogP contribution in [0.3, 0.4) is 0 Å². The minimum absolute atomic E-state index is 0.676. The molecule has 0 aliphatic carbocycles. The predicted molar refractivity (Wildman–Crippen MR) is 76.6 cm³/mol. The molecule has 3 rings (SSSR count). The highest BCUT2D eigenvalue weighted by atomic mass is 79.9. The van der Waals surface area contributed by atoms with E-state index in [2.05, 4.69) is 40.0 Å². The van der Waals surface area contributed by atoms with Crippen LogP contribution < -0.4 is 0 Å². The van der Waals surface area contributed by atoms with Gasteiger partial charge in [-0.1, -0.05) is 28.1 Å². The highest BCUT2D eigenvalue weighted by Gasteiger charge is 2.11. The Morgan fingerprint density at radius 2 is 1.61 bits per heavy atom. The first-order valence-corrected chi connectivity index (χ1v) is 6.57. The van der Waals surface area contributed by atoms with Crippen molar-refractivity contribution in [3.05, 3.63) is 52.0 Å². The van der Waals surface area contributed by atoms with Gasteiger partial charge in [-0.15, -0.1) is 0 Å². The van der Waals surface area contributed by atoms with E-state index in [4.69, 9.17) is 4.42 Å². The molecule has 1 aromatic heterocycles. The van der Waals surface area contributed by atoms with Gasteiger partial charge in [0.2, 0.25) is 5.89 Å². The number of hydrogen-bond donors (Lipinski definition) is 0. The predicted octanol–water partition coefficient (Wildman–Crippen LogP) is 4.87. The van der Waals surface area contributed by atoms with Gasteiger partial charge < -0.3 is 4.42 Å². The Morgan fingerprint density at radius 3 is 2.28 bits per heavy atom. The molecule has 0 saturated carbocycles. The van der Waals surface area contributed by atoms with Gasteiger partial charge in [-0.25, -0.2) is 4.98 Å². The number of halogens is 1. The minimum Gasteiger partial charge on any atom is -0.436 e. The lowest BCUT2D eigenvalue weighted by Gasteiger charge is -1.95. The molecule has 3 aromatic rings. The van der Waals surface area contributed by atoms with Crippen LogP contribution in [0.4, 0.5) is 0 Å². The van der Waals surface area contributed by atoms with E-state index in [1.807, 2.05) is 31.2 Å². The quantitative estimate of drug-likeness (QED) is 0.640. The number of benzene rings is 2. The number of nitrogens with zero attached hydrogens (tertiary/aromatic N) is 1. The Morgan fingerprint density at radius 1 is 0.944 bits per heavy atom. The SMILES string of the molecule is Cc1ccc(C)c2oc(-c3ccc(Br)cc3)nc12. The Bertz CT molecular complexity index is 674. The maximum Gasteiger partial charge on any atom is 0.227 e. The van der Waals surface area contributed by atoms with Crippen molar-refractivity contribution < 1.29 is 4.42 Å². The first-order chi connectivity index (χ1) is 8.65. The normalized spacial score (nSPS) is 11.1. The van der Waals surface area contributed by atoms with E-state index in [9.17, 15) is 0 Å². The molecule has 3 heteroatoms. The summed E-state index contributed by atoms with van der Waals surface area (Å²) >= 11 is 3.42. The van der Waals surface area contributed by atoms with Crippen LogP contribution in [0.25, 0.3) is 22.6 Å². The monoisotopic (exact) mass is 301 g/mol. The van der Waals surface area contributed by atoms with E-state index >= 15 is 0 Å². The summed E-state index contributed by atoms with van der Waals surface area (Å²) in [5, 5.41) is 0. The van der Waals surface area contributed by atoms with Crippen LogP contribution in [0.5, 0.6) is 0 Å². The van der Waals surface area contributed by atoms with Gasteiger partial charge in [-0.2, -0.15) is 0 Å². The van der Waals surface area contributed by atoms with Crippen LogP contribution in [0.15, 0.2) is 45.3 Å². The first kappa shape index (κ1) is 11.5. The molecule has 0 amide bonds. The zero-order valence-corrected chi connectivity index (χ0v) is 11.8. The first-order valence-electron chi connectivity index (χ1n) is 5.78. The molecule has 0 fully saturated rings. The van der Waals surface area contributed by atoms with Crippen molar-refractivity contribution in [3.8, 4) is 11.5 Å². The fourth-order valence-corrected chi connectivity index (χ4v) is 2.24. The Hall–Kier alpha value is -1.61. The fraction of sp³-hybridized carbons (Fsp3) is 0.133. The van der Waals surface area contributed by atoms with Crippen LogP contribution in [-0.4, -0.2) is 4.98 Å². The molecule has 0 radical (unpaired) electrons. The molecule has 0 spiro atoms. The average Bonchev–Trinajstić information content (AvgIpc) is 2.81. The second-order valence-electron chi connectivity index (χ2n) is 4.40. The van der Waals surface area contributed by atoms with Crippen molar-refractivity contribution >= 4 is 27.0 Å². The third-order valence-corrected chi connectivity index (χ3v) is 3.56. The minimum atomic E-state index is 0.676. The molecular weight excluding hydrogens is 290 g/mol. The average molecular weight is 302 g/mol. The standard InChI is InChI=1S/C15H12BrNO/c1-9-3-4-10(2)14-13(9)17-15(18-14)11-5-7-12(16)8-6-11/h3-8H,1-2H3. The topological polar surface area (TPSA) is 26.0 Å². The van der Waals surface area contributed by atoms with Gasteiger partial charge >= 0.3 is 0 Å². The highest BCUT2D eigenvalue weighted by molar-refractivity contribution is 9.10. The molecule has 1 heterocycles. The Balaban J connectivity index is 2.22. The van der Waals surface area contributed by atoms with E-state index in [1.54, 1.807) is 0 Å². The molecule has 0 unspecified atom stereocenters. The van der Waals surface area contributed by atoms with Gasteiger partial charge in [0.15, 0.2) is 5.58 Å². The molecule has 0 bridgehead atoms. The van der Waals surface area contributed by atoms with Crippen molar-refractivity contribution in [3.63, 3.8) is 0 Å². The van der Waals surface area contributed by atoms with E-state index < -0.39 is 0 Å². The lowest BCUT2D eigenvalue weighted by Crippen LogP contribution is -1.79. The third kappa shape index (κ3) is 1.85. The van der Waals surface area contributed by atoms with E-state index in [1.165, 1.54) is 0 Å². The van der Waals surface area contributed by atoms with E-state index in [0.29, 0.717) is 5.89 Å². The van der Waals surface area contributed by atoms with Crippen molar-refractivity contribution in [2.45, 2.75) is 13.8 Å². The molecular formula is C15H12BrNO. The van der Waals surface area contributed by atoms with Gasteiger partial charge in [-0.3, -0.25) is 0 Å². The second kappa shape index (κ2) is 4.25. The number of fused-ring (bicyclic) bond motifs is 1. The summed E-state index contributed by atoms with van der Waals surface area (Å²) in [4.78, 5) is 4.59. The molecule has 0 aliphatic heterocycles. The molecule has 0 saturated heterocycles. The van der Waals surface area contributed by atoms with Crippen LogP contribution >= 0.6 is 15.9 Å². The smallest absolute Gasteiger partial charge is 0.227 e. The van der Waals surface area contributed by atoms with Gasteiger partial charge in [0.05, 0.1) is 0 Å². The van der Waals surface area contributed by atoms with Crippen molar-refractivity contribution in [2.75, 3.05) is 0 Å². The number of hydrogen-bond acceptors (Lipinski definition) is 2. The number of aryl methyl sites for hydroxylation is 2. The summed E-state index contributed by atoms with van der Waals surface area (Å²) in [6.45, 7) is 4.09. The Kier molecular flexibility index (Phi) is 2.71.